The monoisotopic (exact) mass is 259 g/mol. The van der Waals surface area contributed by atoms with Gasteiger partial charge in [-0.15, -0.1) is 0 Å². The third-order valence-electron chi connectivity index (χ3n) is 3.74. The van der Waals surface area contributed by atoms with E-state index in [1.165, 1.54) is 6.07 Å². The molecular formula is C14H15F4. The lowest BCUT2D eigenvalue weighted by atomic mass is 9.73. The molecule has 1 aromatic carbocycles. The summed E-state index contributed by atoms with van der Waals surface area (Å²) in [5.74, 6) is -1.21. The number of benzene rings is 1. The molecule has 0 nitrogen and oxygen atoms in total. The number of hydrogen-bond donors (Lipinski definition) is 0. The molecule has 1 unspecified atom stereocenters. The van der Waals surface area contributed by atoms with Gasteiger partial charge < -0.3 is 0 Å². The summed E-state index contributed by atoms with van der Waals surface area (Å²) in [6, 6.07) is 3.32. The average molecular weight is 259 g/mol. The molecule has 0 bridgehead atoms. The summed E-state index contributed by atoms with van der Waals surface area (Å²) in [6.07, 6.45) is -1.92. The average Bonchev–Trinajstić information content (AvgIpc) is 2.96. The minimum Gasteiger partial charge on any atom is -0.206 e. The van der Waals surface area contributed by atoms with Crippen LogP contribution in [-0.4, -0.2) is 0 Å². The molecule has 0 aromatic heterocycles. The Bertz CT molecular complexity index is 462. The summed E-state index contributed by atoms with van der Waals surface area (Å²) in [4.78, 5) is 0. The molecule has 1 saturated carbocycles. The van der Waals surface area contributed by atoms with Crippen LogP contribution in [0.4, 0.5) is 17.6 Å². The van der Waals surface area contributed by atoms with Crippen molar-refractivity contribution in [2.75, 3.05) is 0 Å². The zero-order valence-electron chi connectivity index (χ0n) is 10.5. The minimum absolute atomic E-state index is 0.173. The van der Waals surface area contributed by atoms with Crippen LogP contribution in [0.15, 0.2) is 18.2 Å². The van der Waals surface area contributed by atoms with Crippen LogP contribution in [0, 0.1) is 17.7 Å². The van der Waals surface area contributed by atoms with Gasteiger partial charge in [-0.05, 0) is 36.0 Å². The maximum absolute atomic E-state index is 13.2. The smallest absolute Gasteiger partial charge is 0.206 e. The summed E-state index contributed by atoms with van der Waals surface area (Å²) in [7, 11) is 0. The van der Waals surface area contributed by atoms with Gasteiger partial charge in [-0.25, -0.2) is 4.39 Å². The topological polar surface area (TPSA) is 0 Å². The third-order valence-corrected chi connectivity index (χ3v) is 3.74. The van der Waals surface area contributed by atoms with Gasteiger partial charge in [0.25, 0.3) is 0 Å². The lowest BCUT2D eigenvalue weighted by Crippen LogP contribution is -2.27. The van der Waals surface area contributed by atoms with Crippen LogP contribution >= 0.6 is 0 Å². The number of rotatable bonds is 1. The fourth-order valence-corrected chi connectivity index (χ4v) is 2.40. The largest absolute Gasteiger partial charge is 0.419 e. The molecule has 4 heteroatoms. The Balaban J connectivity index is 2.50. The maximum Gasteiger partial charge on any atom is 0.419 e. The van der Waals surface area contributed by atoms with Gasteiger partial charge in [-0.1, -0.05) is 26.8 Å². The van der Waals surface area contributed by atoms with Gasteiger partial charge in [-0.2, -0.15) is 13.2 Å². The van der Waals surface area contributed by atoms with Crippen molar-refractivity contribution in [2.24, 2.45) is 5.41 Å². The van der Waals surface area contributed by atoms with E-state index in [2.05, 4.69) is 0 Å². The van der Waals surface area contributed by atoms with Crippen LogP contribution < -0.4 is 0 Å². The Kier molecular flexibility index (Phi) is 2.76. The van der Waals surface area contributed by atoms with E-state index < -0.39 is 17.6 Å². The maximum atomic E-state index is 13.2. The third kappa shape index (κ3) is 2.02. The van der Waals surface area contributed by atoms with E-state index in [-0.39, 0.29) is 10.8 Å². The summed E-state index contributed by atoms with van der Waals surface area (Å²) in [5, 5.41) is 0. The van der Waals surface area contributed by atoms with Crippen molar-refractivity contribution in [1.82, 2.24) is 0 Å². The SMILES string of the molecule is CC(C)(C)C1(c2ccc(F)c(C(F)(F)F)c2)[CH]C1. The Morgan fingerprint density at radius 3 is 2.06 bits per heavy atom. The second-order valence-corrected chi connectivity index (χ2v) is 5.82. The quantitative estimate of drug-likeness (QED) is 0.639. The molecule has 0 amide bonds. The predicted molar refractivity (Wildman–Crippen MR) is 61.5 cm³/mol. The van der Waals surface area contributed by atoms with Gasteiger partial charge in [0, 0.05) is 5.41 Å². The first kappa shape index (κ1) is 13.4. The van der Waals surface area contributed by atoms with Crippen LogP contribution in [-0.2, 0) is 11.6 Å². The molecule has 0 spiro atoms. The Labute approximate surface area is 104 Å². The first-order valence-corrected chi connectivity index (χ1v) is 5.79. The molecular weight excluding hydrogens is 244 g/mol. The highest BCUT2D eigenvalue weighted by molar-refractivity contribution is 5.44. The van der Waals surface area contributed by atoms with Crippen molar-refractivity contribution in [3.63, 3.8) is 0 Å². The van der Waals surface area contributed by atoms with Crippen LogP contribution in [0.5, 0.6) is 0 Å². The number of halogens is 4. The highest BCUT2D eigenvalue weighted by atomic mass is 19.4. The Hall–Kier alpha value is -1.06. The molecule has 0 heterocycles. The molecule has 1 atom stereocenters. The van der Waals surface area contributed by atoms with E-state index in [0.717, 1.165) is 18.6 Å². The second-order valence-electron chi connectivity index (χ2n) is 5.82. The van der Waals surface area contributed by atoms with Crippen molar-refractivity contribution in [3.05, 3.63) is 41.6 Å². The normalized spacial score (nSPS) is 18.8. The van der Waals surface area contributed by atoms with E-state index in [1.54, 1.807) is 0 Å². The van der Waals surface area contributed by atoms with Gasteiger partial charge in [0.15, 0.2) is 0 Å². The summed E-state index contributed by atoms with van der Waals surface area (Å²) in [5.41, 5.74) is -1.17. The van der Waals surface area contributed by atoms with Crippen molar-refractivity contribution in [3.8, 4) is 0 Å². The molecule has 0 saturated heterocycles. The molecule has 1 radical (unpaired) electrons. The molecule has 1 fully saturated rings. The Morgan fingerprint density at radius 2 is 1.67 bits per heavy atom. The zero-order chi connectivity index (χ0) is 13.8. The van der Waals surface area contributed by atoms with Crippen molar-refractivity contribution in [2.45, 2.75) is 38.8 Å². The van der Waals surface area contributed by atoms with E-state index in [0.29, 0.717) is 5.56 Å². The van der Waals surface area contributed by atoms with E-state index >= 15 is 0 Å². The molecule has 1 aliphatic rings. The number of alkyl halides is 3. The summed E-state index contributed by atoms with van der Waals surface area (Å²) in [6.45, 7) is 5.94. The van der Waals surface area contributed by atoms with E-state index in [9.17, 15) is 17.6 Å². The molecule has 99 valence electrons. The van der Waals surface area contributed by atoms with E-state index in [1.807, 2.05) is 27.2 Å². The first-order chi connectivity index (χ1) is 8.08. The summed E-state index contributed by atoms with van der Waals surface area (Å²) >= 11 is 0. The second kappa shape index (κ2) is 3.72. The zero-order valence-corrected chi connectivity index (χ0v) is 10.5. The van der Waals surface area contributed by atoms with Crippen molar-refractivity contribution >= 4 is 0 Å². The summed E-state index contributed by atoms with van der Waals surface area (Å²) < 4.78 is 51.3. The highest BCUT2D eigenvalue weighted by Crippen LogP contribution is 2.59. The van der Waals surface area contributed by atoms with Gasteiger partial charge in [0.05, 0.1) is 5.56 Å². The van der Waals surface area contributed by atoms with Crippen LogP contribution in [0.1, 0.15) is 38.3 Å². The predicted octanol–water partition coefficient (Wildman–Crippen LogP) is 4.74. The lowest BCUT2D eigenvalue weighted by Gasteiger charge is -2.31. The van der Waals surface area contributed by atoms with Gasteiger partial charge in [0.1, 0.15) is 5.82 Å². The van der Waals surface area contributed by atoms with Crippen LogP contribution in [0.2, 0.25) is 0 Å². The molecule has 2 rings (SSSR count). The van der Waals surface area contributed by atoms with Gasteiger partial charge in [-0.3, -0.25) is 0 Å². The molecule has 0 aliphatic heterocycles. The molecule has 1 aliphatic carbocycles. The number of hydrogen-bond acceptors (Lipinski definition) is 0. The lowest BCUT2D eigenvalue weighted by molar-refractivity contribution is -0.140. The van der Waals surface area contributed by atoms with Crippen molar-refractivity contribution < 1.29 is 17.6 Å². The molecule has 0 N–H and O–H groups in total. The fourth-order valence-electron chi connectivity index (χ4n) is 2.40. The van der Waals surface area contributed by atoms with Gasteiger partial charge >= 0.3 is 6.18 Å². The molecule has 18 heavy (non-hydrogen) atoms. The standard InChI is InChI=1S/C14H15F4/c1-12(2,3)13(6-7-13)9-4-5-11(15)10(8-9)14(16,17)18/h4-6,8H,7H2,1-3H3. The highest BCUT2D eigenvalue weighted by Gasteiger charge is 2.53. The van der Waals surface area contributed by atoms with Gasteiger partial charge in [0.2, 0.25) is 0 Å². The van der Waals surface area contributed by atoms with Crippen LogP contribution in [0.3, 0.4) is 0 Å². The Morgan fingerprint density at radius 1 is 1.11 bits per heavy atom. The fraction of sp³-hybridized carbons (Fsp3) is 0.500. The van der Waals surface area contributed by atoms with E-state index in [4.69, 9.17) is 0 Å². The van der Waals surface area contributed by atoms with Crippen molar-refractivity contribution in [1.29, 1.82) is 0 Å². The first-order valence-electron chi connectivity index (χ1n) is 5.79. The molecule has 1 aromatic rings. The minimum atomic E-state index is -4.64. The van der Waals surface area contributed by atoms with Crippen LogP contribution in [0.25, 0.3) is 0 Å².